The molecule has 1 aliphatic carbocycles. The zero-order valence-corrected chi connectivity index (χ0v) is 12.7. The summed E-state index contributed by atoms with van der Waals surface area (Å²) >= 11 is 0. The van der Waals surface area contributed by atoms with E-state index in [-0.39, 0.29) is 0 Å². The lowest BCUT2D eigenvalue weighted by Gasteiger charge is -2.30. The van der Waals surface area contributed by atoms with Crippen molar-refractivity contribution in [2.24, 2.45) is 11.7 Å². The van der Waals surface area contributed by atoms with Crippen molar-refractivity contribution in [2.45, 2.75) is 45.6 Å². The van der Waals surface area contributed by atoms with E-state index in [9.17, 15) is 0 Å². The zero-order valence-electron chi connectivity index (χ0n) is 12.7. The Hall–Kier alpha value is -0.860. The van der Waals surface area contributed by atoms with E-state index in [0.29, 0.717) is 12.6 Å². The Labute approximate surface area is 118 Å². The van der Waals surface area contributed by atoms with Crippen molar-refractivity contribution in [1.29, 1.82) is 0 Å². The molecule has 19 heavy (non-hydrogen) atoms. The standard InChI is InChI=1S/C17H28N2/c1-13-8-14(2)10-16(9-13)17(11-18)19(3)12-15-6-4-5-7-15/h8-10,15,17H,4-7,11-12,18H2,1-3H3. The van der Waals surface area contributed by atoms with Gasteiger partial charge in [0.05, 0.1) is 0 Å². The van der Waals surface area contributed by atoms with Crippen molar-refractivity contribution < 1.29 is 0 Å². The summed E-state index contributed by atoms with van der Waals surface area (Å²) in [5, 5.41) is 0. The van der Waals surface area contributed by atoms with Crippen LogP contribution in [-0.4, -0.2) is 25.0 Å². The highest BCUT2D eigenvalue weighted by atomic mass is 15.1. The Kier molecular flexibility index (Phi) is 5.00. The van der Waals surface area contributed by atoms with Gasteiger partial charge in [0.15, 0.2) is 0 Å². The summed E-state index contributed by atoms with van der Waals surface area (Å²) in [6, 6.07) is 7.17. The molecule has 0 saturated heterocycles. The molecule has 1 aromatic rings. The molecule has 1 fully saturated rings. The summed E-state index contributed by atoms with van der Waals surface area (Å²) < 4.78 is 0. The highest BCUT2D eigenvalue weighted by molar-refractivity contribution is 5.31. The van der Waals surface area contributed by atoms with Crippen molar-refractivity contribution in [3.05, 3.63) is 34.9 Å². The second kappa shape index (κ2) is 6.53. The molecule has 0 bridgehead atoms. The average molecular weight is 260 g/mol. The van der Waals surface area contributed by atoms with Gasteiger partial charge in [-0.3, -0.25) is 4.90 Å². The lowest BCUT2D eigenvalue weighted by molar-refractivity contribution is 0.212. The SMILES string of the molecule is Cc1cc(C)cc(C(CN)N(C)CC2CCCC2)c1. The van der Waals surface area contributed by atoms with Crippen LogP contribution in [0.5, 0.6) is 0 Å². The number of nitrogens with zero attached hydrogens (tertiary/aromatic N) is 1. The first-order chi connectivity index (χ1) is 9.10. The van der Waals surface area contributed by atoms with E-state index in [1.54, 1.807) is 0 Å². The fourth-order valence-corrected chi connectivity index (χ4v) is 3.50. The summed E-state index contributed by atoms with van der Waals surface area (Å²) in [4.78, 5) is 2.46. The molecule has 0 spiro atoms. The third-order valence-corrected chi connectivity index (χ3v) is 4.41. The molecule has 106 valence electrons. The predicted octanol–water partition coefficient (Wildman–Crippen LogP) is 3.43. The van der Waals surface area contributed by atoms with Gasteiger partial charge in [-0.1, -0.05) is 42.2 Å². The van der Waals surface area contributed by atoms with Crippen LogP contribution in [0.25, 0.3) is 0 Å². The maximum absolute atomic E-state index is 6.04. The molecule has 2 nitrogen and oxygen atoms in total. The minimum Gasteiger partial charge on any atom is -0.329 e. The van der Waals surface area contributed by atoms with Gasteiger partial charge in [-0.2, -0.15) is 0 Å². The topological polar surface area (TPSA) is 29.3 Å². The van der Waals surface area contributed by atoms with E-state index in [1.807, 2.05) is 0 Å². The molecule has 0 aromatic heterocycles. The van der Waals surface area contributed by atoms with Gasteiger partial charge < -0.3 is 5.73 Å². The molecule has 0 radical (unpaired) electrons. The Morgan fingerprint density at radius 1 is 1.16 bits per heavy atom. The first-order valence-corrected chi connectivity index (χ1v) is 7.58. The first-order valence-electron chi connectivity index (χ1n) is 7.58. The maximum Gasteiger partial charge on any atom is 0.0467 e. The van der Waals surface area contributed by atoms with Crippen molar-refractivity contribution in [3.8, 4) is 0 Å². The summed E-state index contributed by atoms with van der Waals surface area (Å²) in [5.41, 5.74) is 10.1. The predicted molar refractivity (Wildman–Crippen MR) is 82.3 cm³/mol. The van der Waals surface area contributed by atoms with E-state index in [4.69, 9.17) is 5.73 Å². The largest absolute Gasteiger partial charge is 0.329 e. The number of benzene rings is 1. The summed E-state index contributed by atoms with van der Waals surface area (Å²) in [6.07, 6.45) is 5.62. The first kappa shape index (κ1) is 14.5. The lowest BCUT2D eigenvalue weighted by atomic mass is 9.99. The van der Waals surface area contributed by atoms with Gasteiger partial charge in [0, 0.05) is 19.1 Å². The molecule has 1 aromatic carbocycles. The average Bonchev–Trinajstić information content (AvgIpc) is 2.81. The number of hydrogen-bond acceptors (Lipinski definition) is 2. The van der Waals surface area contributed by atoms with Crippen molar-refractivity contribution >= 4 is 0 Å². The molecule has 0 heterocycles. The van der Waals surface area contributed by atoms with Crippen LogP contribution >= 0.6 is 0 Å². The fourth-order valence-electron chi connectivity index (χ4n) is 3.50. The molecule has 2 heteroatoms. The summed E-state index contributed by atoms with van der Waals surface area (Å²) in [6.45, 7) is 6.23. The molecule has 2 rings (SSSR count). The lowest BCUT2D eigenvalue weighted by Crippen LogP contribution is -2.33. The molecule has 1 saturated carbocycles. The Morgan fingerprint density at radius 2 is 1.74 bits per heavy atom. The van der Waals surface area contributed by atoms with Gasteiger partial charge in [0.2, 0.25) is 0 Å². The Morgan fingerprint density at radius 3 is 2.26 bits per heavy atom. The zero-order chi connectivity index (χ0) is 13.8. The highest BCUT2D eigenvalue weighted by Gasteiger charge is 2.22. The van der Waals surface area contributed by atoms with Gasteiger partial charge in [-0.15, -0.1) is 0 Å². The molecular weight excluding hydrogens is 232 g/mol. The van der Waals surface area contributed by atoms with Gasteiger partial charge >= 0.3 is 0 Å². The minimum absolute atomic E-state index is 0.360. The van der Waals surface area contributed by atoms with Crippen LogP contribution in [0.1, 0.15) is 48.4 Å². The van der Waals surface area contributed by atoms with E-state index >= 15 is 0 Å². The van der Waals surface area contributed by atoms with Crippen LogP contribution in [0.4, 0.5) is 0 Å². The van der Waals surface area contributed by atoms with Gasteiger partial charge in [-0.25, -0.2) is 0 Å². The molecular formula is C17H28N2. The van der Waals surface area contributed by atoms with Crippen molar-refractivity contribution in [2.75, 3.05) is 20.1 Å². The minimum atomic E-state index is 0.360. The van der Waals surface area contributed by atoms with E-state index in [1.165, 1.54) is 48.9 Å². The molecule has 2 N–H and O–H groups in total. The molecule has 0 aliphatic heterocycles. The van der Waals surface area contributed by atoms with Crippen LogP contribution in [0, 0.1) is 19.8 Å². The Balaban J connectivity index is 2.08. The van der Waals surface area contributed by atoms with Crippen LogP contribution in [-0.2, 0) is 0 Å². The van der Waals surface area contributed by atoms with Gasteiger partial charge in [0.25, 0.3) is 0 Å². The number of aryl methyl sites for hydroxylation is 2. The monoisotopic (exact) mass is 260 g/mol. The van der Waals surface area contributed by atoms with Crippen LogP contribution < -0.4 is 5.73 Å². The maximum atomic E-state index is 6.04. The van der Waals surface area contributed by atoms with E-state index < -0.39 is 0 Å². The van der Waals surface area contributed by atoms with Gasteiger partial charge in [0.1, 0.15) is 0 Å². The van der Waals surface area contributed by atoms with E-state index in [0.717, 1.165) is 5.92 Å². The van der Waals surface area contributed by atoms with Gasteiger partial charge in [-0.05, 0) is 45.2 Å². The molecule has 0 amide bonds. The van der Waals surface area contributed by atoms with E-state index in [2.05, 4.69) is 44.0 Å². The third-order valence-electron chi connectivity index (χ3n) is 4.41. The fraction of sp³-hybridized carbons (Fsp3) is 0.647. The second-order valence-electron chi connectivity index (χ2n) is 6.26. The highest BCUT2D eigenvalue weighted by Crippen LogP contribution is 2.28. The van der Waals surface area contributed by atoms with Crippen LogP contribution in [0.2, 0.25) is 0 Å². The summed E-state index contributed by atoms with van der Waals surface area (Å²) in [5.74, 6) is 0.880. The number of likely N-dealkylation sites (N-methyl/N-ethyl adjacent to an activating group) is 1. The van der Waals surface area contributed by atoms with Crippen molar-refractivity contribution in [3.63, 3.8) is 0 Å². The normalized spacial score (nSPS) is 18.2. The second-order valence-corrected chi connectivity index (χ2v) is 6.26. The smallest absolute Gasteiger partial charge is 0.0467 e. The van der Waals surface area contributed by atoms with Crippen LogP contribution in [0.3, 0.4) is 0 Å². The summed E-state index contributed by atoms with van der Waals surface area (Å²) in [7, 11) is 2.23. The van der Waals surface area contributed by atoms with Crippen LogP contribution in [0.15, 0.2) is 18.2 Å². The molecule has 1 aliphatic rings. The number of hydrogen-bond donors (Lipinski definition) is 1. The quantitative estimate of drug-likeness (QED) is 0.879. The number of nitrogens with two attached hydrogens (primary N) is 1. The van der Waals surface area contributed by atoms with Crippen molar-refractivity contribution in [1.82, 2.24) is 4.90 Å². The Bertz CT molecular complexity index is 387. The molecule has 1 atom stereocenters. The number of rotatable bonds is 5. The molecule has 1 unspecified atom stereocenters. The third kappa shape index (κ3) is 3.80.